The van der Waals surface area contributed by atoms with Crippen LogP contribution in [-0.2, 0) is 6.61 Å². The second kappa shape index (κ2) is 5.19. The molecule has 0 saturated carbocycles. The summed E-state index contributed by atoms with van der Waals surface area (Å²) < 4.78 is 6.56. The lowest BCUT2D eigenvalue weighted by Gasteiger charge is -2.08. The summed E-state index contributed by atoms with van der Waals surface area (Å²) in [7, 11) is 0. The maximum absolute atomic E-state index is 5.70. The summed E-state index contributed by atoms with van der Waals surface area (Å²) in [5, 5.41) is 0. The third-order valence-electron chi connectivity index (χ3n) is 2.28. The summed E-state index contributed by atoms with van der Waals surface area (Å²) in [5.41, 5.74) is 8.27. The average molecular weight is 293 g/mol. The van der Waals surface area contributed by atoms with Gasteiger partial charge in [0.15, 0.2) is 0 Å². The minimum absolute atomic E-state index is 0.434. The van der Waals surface area contributed by atoms with Crippen molar-refractivity contribution in [3.8, 4) is 5.75 Å². The SMILES string of the molecule is Cc1cccc(COc2cc(N)ccc2Br)n1. The van der Waals surface area contributed by atoms with Crippen molar-refractivity contribution in [3.63, 3.8) is 0 Å². The van der Waals surface area contributed by atoms with E-state index in [2.05, 4.69) is 20.9 Å². The zero-order valence-corrected chi connectivity index (χ0v) is 11.1. The molecule has 1 aromatic heterocycles. The number of pyridine rings is 1. The van der Waals surface area contributed by atoms with Crippen LogP contribution in [0.3, 0.4) is 0 Å². The number of hydrogen-bond acceptors (Lipinski definition) is 3. The summed E-state index contributed by atoms with van der Waals surface area (Å²) in [6, 6.07) is 11.3. The molecule has 2 aromatic rings. The van der Waals surface area contributed by atoms with Crippen LogP contribution in [-0.4, -0.2) is 4.98 Å². The summed E-state index contributed by atoms with van der Waals surface area (Å²) in [6.45, 7) is 2.39. The smallest absolute Gasteiger partial charge is 0.136 e. The molecule has 0 bridgehead atoms. The second-order valence-electron chi connectivity index (χ2n) is 3.75. The van der Waals surface area contributed by atoms with Gasteiger partial charge in [-0.15, -0.1) is 0 Å². The quantitative estimate of drug-likeness (QED) is 0.883. The lowest BCUT2D eigenvalue weighted by molar-refractivity contribution is 0.299. The van der Waals surface area contributed by atoms with Crippen molar-refractivity contribution < 1.29 is 4.74 Å². The van der Waals surface area contributed by atoms with Gasteiger partial charge in [0.05, 0.1) is 10.2 Å². The standard InChI is InChI=1S/C13H13BrN2O/c1-9-3-2-4-11(16-9)8-17-13-7-10(15)5-6-12(13)14/h2-7H,8,15H2,1H3. The molecule has 88 valence electrons. The van der Waals surface area contributed by atoms with E-state index in [9.17, 15) is 0 Å². The number of aryl methyl sites for hydroxylation is 1. The van der Waals surface area contributed by atoms with Crippen LogP contribution in [0.25, 0.3) is 0 Å². The average Bonchev–Trinajstić information content (AvgIpc) is 2.30. The van der Waals surface area contributed by atoms with E-state index in [-0.39, 0.29) is 0 Å². The molecular weight excluding hydrogens is 280 g/mol. The maximum atomic E-state index is 5.70. The van der Waals surface area contributed by atoms with Gasteiger partial charge in [-0.3, -0.25) is 4.98 Å². The molecule has 0 unspecified atom stereocenters. The maximum Gasteiger partial charge on any atom is 0.136 e. The van der Waals surface area contributed by atoms with Gasteiger partial charge >= 0.3 is 0 Å². The Morgan fingerprint density at radius 3 is 2.88 bits per heavy atom. The van der Waals surface area contributed by atoms with Crippen LogP contribution in [0.2, 0.25) is 0 Å². The number of hydrogen-bond donors (Lipinski definition) is 1. The first kappa shape index (κ1) is 11.9. The van der Waals surface area contributed by atoms with Crippen molar-refractivity contribution in [2.75, 3.05) is 5.73 Å². The van der Waals surface area contributed by atoms with Crippen molar-refractivity contribution in [1.29, 1.82) is 0 Å². The van der Waals surface area contributed by atoms with Crippen molar-refractivity contribution in [3.05, 3.63) is 52.3 Å². The van der Waals surface area contributed by atoms with Crippen LogP contribution in [0.15, 0.2) is 40.9 Å². The number of nitrogens with two attached hydrogens (primary N) is 1. The Kier molecular flexibility index (Phi) is 3.64. The predicted molar refractivity (Wildman–Crippen MR) is 71.9 cm³/mol. The molecule has 0 fully saturated rings. The molecule has 0 amide bonds. The van der Waals surface area contributed by atoms with E-state index < -0.39 is 0 Å². The van der Waals surface area contributed by atoms with E-state index in [0.29, 0.717) is 12.3 Å². The van der Waals surface area contributed by atoms with E-state index in [4.69, 9.17) is 10.5 Å². The number of nitrogen functional groups attached to an aromatic ring is 1. The van der Waals surface area contributed by atoms with Crippen LogP contribution in [0.1, 0.15) is 11.4 Å². The number of halogens is 1. The highest BCUT2D eigenvalue weighted by Gasteiger charge is 2.02. The highest BCUT2D eigenvalue weighted by Crippen LogP contribution is 2.27. The van der Waals surface area contributed by atoms with E-state index in [1.807, 2.05) is 37.3 Å². The predicted octanol–water partition coefficient (Wildman–Crippen LogP) is 3.31. The first-order chi connectivity index (χ1) is 8.15. The van der Waals surface area contributed by atoms with Crippen molar-refractivity contribution >= 4 is 21.6 Å². The third-order valence-corrected chi connectivity index (χ3v) is 2.93. The fraction of sp³-hybridized carbons (Fsp3) is 0.154. The molecule has 0 saturated heterocycles. The van der Waals surface area contributed by atoms with E-state index in [0.717, 1.165) is 21.6 Å². The number of benzene rings is 1. The Labute approximate surface area is 109 Å². The topological polar surface area (TPSA) is 48.1 Å². The van der Waals surface area contributed by atoms with Crippen molar-refractivity contribution in [2.24, 2.45) is 0 Å². The molecule has 0 aliphatic carbocycles. The van der Waals surface area contributed by atoms with E-state index in [1.54, 1.807) is 6.07 Å². The molecule has 0 atom stereocenters. The normalized spacial score (nSPS) is 10.2. The van der Waals surface area contributed by atoms with E-state index >= 15 is 0 Å². The Bertz CT molecular complexity index is 529. The second-order valence-corrected chi connectivity index (χ2v) is 4.60. The third kappa shape index (κ3) is 3.20. The van der Waals surface area contributed by atoms with Gasteiger partial charge in [0.2, 0.25) is 0 Å². The van der Waals surface area contributed by atoms with Crippen molar-refractivity contribution in [2.45, 2.75) is 13.5 Å². The Morgan fingerprint density at radius 2 is 2.12 bits per heavy atom. The number of ether oxygens (including phenoxy) is 1. The van der Waals surface area contributed by atoms with Gasteiger partial charge < -0.3 is 10.5 Å². The Hall–Kier alpha value is -1.55. The Balaban J connectivity index is 2.09. The summed E-state index contributed by atoms with van der Waals surface area (Å²) in [4.78, 5) is 4.37. The molecule has 1 heterocycles. The number of aromatic nitrogens is 1. The number of nitrogens with zero attached hydrogens (tertiary/aromatic N) is 1. The molecule has 1 aromatic carbocycles. The molecule has 3 nitrogen and oxygen atoms in total. The minimum atomic E-state index is 0.434. The number of rotatable bonds is 3. The molecule has 2 rings (SSSR count). The summed E-state index contributed by atoms with van der Waals surface area (Å²) in [5.74, 6) is 0.730. The monoisotopic (exact) mass is 292 g/mol. The van der Waals surface area contributed by atoms with Gasteiger partial charge in [0, 0.05) is 17.4 Å². The number of anilines is 1. The molecule has 2 N–H and O–H groups in total. The van der Waals surface area contributed by atoms with Crippen molar-refractivity contribution in [1.82, 2.24) is 4.98 Å². The van der Waals surface area contributed by atoms with Gasteiger partial charge in [-0.25, -0.2) is 0 Å². The molecule has 0 spiro atoms. The Morgan fingerprint density at radius 1 is 1.29 bits per heavy atom. The first-order valence-corrected chi connectivity index (χ1v) is 6.05. The zero-order chi connectivity index (χ0) is 12.3. The van der Waals surface area contributed by atoms with Gasteiger partial charge in [-0.05, 0) is 47.1 Å². The molecule has 0 aliphatic heterocycles. The van der Waals surface area contributed by atoms with Crippen LogP contribution >= 0.6 is 15.9 Å². The molecule has 0 aliphatic rings. The largest absolute Gasteiger partial charge is 0.486 e. The first-order valence-electron chi connectivity index (χ1n) is 5.25. The molecule has 17 heavy (non-hydrogen) atoms. The fourth-order valence-electron chi connectivity index (χ4n) is 1.46. The lowest BCUT2D eigenvalue weighted by Crippen LogP contribution is -2.00. The fourth-order valence-corrected chi connectivity index (χ4v) is 1.82. The highest BCUT2D eigenvalue weighted by molar-refractivity contribution is 9.10. The summed E-state index contributed by atoms with van der Waals surface area (Å²) in [6.07, 6.45) is 0. The van der Waals surface area contributed by atoms with Gasteiger partial charge in [0.1, 0.15) is 12.4 Å². The van der Waals surface area contributed by atoms with E-state index in [1.165, 1.54) is 0 Å². The van der Waals surface area contributed by atoms with Crippen LogP contribution in [0.4, 0.5) is 5.69 Å². The molecule has 0 radical (unpaired) electrons. The lowest BCUT2D eigenvalue weighted by atomic mass is 10.3. The van der Waals surface area contributed by atoms with Gasteiger partial charge in [0.25, 0.3) is 0 Å². The van der Waals surface area contributed by atoms with Crippen LogP contribution < -0.4 is 10.5 Å². The minimum Gasteiger partial charge on any atom is -0.486 e. The van der Waals surface area contributed by atoms with Crippen LogP contribution in [0.5, 0.6) is 5.75 Å². The molecular formula is C13H13BrN2O. The summed E-state index contributed by atoms with van der Waals surface area (Å²) >= 11 is 3.42. The van der Waals surface area contributed by atoms with Gasteiger partial charge in [-0.2, -0.15) is 0 Å². The van der Waals surface area contributed by atoms with Gasteiger partial charge in [-0.1, -0.05) is 6.07 Å². The highest BCUT2D eigenvalue weighted by atomic mass is 79.9. The molecule has 4 heteroatoms. The zero-order valence-electron chi connectivity index (χ0n) is 9.48. The van der Waals surface area contributed by atoms with Crippen LogP contribution in [0, 0.1) is 6.92 Å².